The van der Waals surface area contributed by atoms with Gasteiger partial charge in [-0.05, 0) is 57.8 Å². The highest BCUT2D eigenvalue weighted by Crippen LogP contribution is 2.18. The van der Waals surface area contributed by atoms with Crippen LogP contribution in [0, 0.1) is 12.8 Å². The Hall–Kier alpha value is -0.820. The maximum absolute atomic E-state index is 5.96. The van der Waals surface area contributed by atoms with Gasteiger partial charge in [-0.2, -0.15) is 0 Å². The molecule has 1 aromatic carbocycles. The minimum atomic E-state index is 0. The highest BCUT2D eigenvalue weighted by molar-refractivity contribution is 14.0. The van der Waals surface area contributed by atoms with Crippen molar-refractivity contribution in [1.29, 1.82) is 0 Å². The second-order valence-electron chi connectivity index (χ2n) is 6.28. The summed E-state index contributed by atoms with van der Waals surface area (Å²) in [6.07, 6.45) is 2.59. The van der Waals surface area contributed by atoms with E-state index in [2.05, 4.69) is 48.1 Å². The molecule has 0 amide bonds. The van der Waals surface area contributed by atoms with Crippen molar-refractivity contribution in [2.24, 2.45) is 16.6 Å². The summed E-state index contributed by atoms with van der Waals surface area (Å²) in [5, 5.41) is 3.14. The Labute approximate surface area is 151 Å². The van der Waals surface area contributed by atoms with Crippen LogP contribution in [0.4, 0.5) is 5.69 Å². The molecule has 22 heavy (non-hydrogen) atoms. The van der Waals surface area contributed by atoms with E-state index in [1.54, 1.807) is 0 Å². The fourth-order valence-electron chi connectivity index (χ4n) is 2.64. The Morgan fingerprint density at radius 2 is 1.91 bits per heavy atom. The Kier molecular flexibility index (Phi) is 8.17. The number of benzene rings is 1. The third-order valence-corrected chi connectivity index (χ3v) is 4.29. The van der Waals surface area contributed by atoms with Gasteiger partial charge in [-0.25, -0.2) is 0 Å². The van der Waals surface area contributed by atoms with Gasteiger partial charge >= 0.3 is 0 Å². The number of rotatable bonds is 4. The van der Waals surface area contributed by atoms with Crippen molar-refractivity contribution in [3.05, 3.63) is 29.8 Å². The summed E-state index contributed by atoms with van der Waals surface area (Å²) in [6.45, 7) is 9.76. The molecular formula is C17H29IN4. The molecule has 1 heterocycles. The molecule has 124 valence electrons. The van der Waals surface area contributed by atoms with Gasteiger partial charge in [0.05, 0.1) is 6.54 Å². The van der Waals surface area contributed by atoms with Crippen LogP contribution in [0.15, 0.2) is 29.3 Å². The van der Waals surface area contributed by atoms with Crippen molar-refractivity contribution >= 4 is 35.6 Å². The minimum Gasteiger partial charge on any atom is -0.370 e. The lowest BCUT2D eigenvalue weighted by atomic mass is 9.98. The maximum Gasteiger partial charge on any atom is 0.193 e. The summed E-state index contributed by atoms with van der Waals surface area (Å²) >= 11 is 0. The molecule has 1 atom stereocenters. The van der Waals surface area contributed by atoms with Crippen LogP contribution >= 0.6 is 24.0 Å². The number of halogens is 1. The standard InChI is InChI=1S/C17H28N4.HI/c1-13-4-6-16(7-5-13)20-17(18)19-12-15(3)21-10-8-14(2)9-11-21;/h4-7,14-15H,8-12H2,1-3H3,(H3,18,19,20);1H. The molecule has 5 heteroatoms. The Bertz CT molecular complexity index is 464. The molecule has 3 N–H and O–H groups in total. The van der Waals surface area contributed by atoms with Crippen molar-refractivity contribution in [2.75, 3.05) is 25.0 Å². The number of nitrogens with one attached hydrogen (secondary N) is 1. The third-order valence-electron chi connectivity index (χ3n) is 4.29. The molecular weight excluding hydrogens is 387 g/mol. The van der Waals surface area contributed by atoms with Gasteiger partial charge in [0.15, 0.2) is 5.96 Å². The molecule has 0 spiro atoms. The number of guanidine groups is 1. The van der Waals surface area contributed by atoms with Crippen molar-refractivity contribution in [3.63, 3.8) is 0 Å². The third kappa shape index (κ3) is 6.12. The van der Waals surface area contributed by atoms with Crippen molar-refractivity contribution in [3.8, 4) is 0 Å². The van der Waals surface area contributed by atoms with Crippen LogP contribution in [0.1, 0.15) is 32.3 Å². The number of aryl methyl sites for hydroxylation is 1. The zero-order valence-electron chi connectivity index (χ0n) is 13.9. The van der Waals surface area contributed by atoms with Crippen LogP contribution in [0.25, 0.3) is 0 Å². The molecule has 1 fully saturated rings. The first-order chi connectivity index (χ1) is 10.0. The Morgan fingerprint density at radius 1 is 1.32 bits per heavy atom. The van der Waals surface area contributed by atoms with Crippen molar-refractivity contribution in [1.82, 2.24) is 4.90 Å². The number of hydrogen-bond acceptors (Lipinski definition) is 2. The second-order valence-corrected chi connectivity index (χ2v) is 6.28. The minimum absolute atomic E-state index is 0. The molecule has 2 rings (SSSR count). The molecule has 0 aromatic heterocycles. The van der Waals surface area contributed by atoms with E-state index < -0.39 is 0 Å². The zero-order valence-corrected chi connectivity index (χ0v) is 16.2. The zero-order chi connectivity index (χ0) is 15.2. The van der Waals surface area contributed by atoms with E-state index in [1.807, 2.05) is 12.1 Å². The monoisotopic (exact) mass is 416 g/mol. The average molecular weight is 416 g/mol. The number of nitrogens with zero attached hydrogens (tertiary/aromatic N) is 2. The quantitative estimate of drug-likeness (QED) is 0.449. The molecule has 4 nitrogen and oxygen atoms in total. The number of anilines is 1. The van der Waals surface area contributed by atoms with Crippen LogP contribution in [-0.2, 0) is 0 Å². The van der Waals surface area contributed by atoms with Gasteiger partial charge in [0.2, 0.25) is 0 Å². The Morgan fingerprint density at radius 3 is 2.50 bits per heavy atom. The fourth-order valence-corrected chi connectivity index (χ4v) is 2.64. The second kappa shape index (κ2) is 9.35. The molecule has 0 saturated carbocycles. The van der Waals surface area contributed by atoms with E-state index in [1.165, 1.54) is 31.5 Å². The predicted octanol–water partition coefficient (Wildman–Crippen LogP) is 3.46. The molecule has 1 aromatic rings. The number of likely N-dealkylation sites (tertiary alicyclic amines) is 1. The molecule has 1 aliphatic rings. The van der Waals surface area contributed by atoms with Crippen LogP contribution in [-0.4, -0.2) is 36.5 Å². The van der Waals surface area contributed by atoms with Gasteiger partial charge in [0, 0.05) is 11.7 Å². The maximum atomic E-state index is 5.96. The molecule has 0 bridgehead atoms. The summed E-state index contributed by atoms with van der Waals surface area (Å²) in [6, 6.07) is 8.62. The van der Waals surface area contributed by atoms with Crippen LogP contribution in [0.5, 0.6) is 0 Å². The van der Waals surface area contributed by atoms with Gasteiger partial charge < -0.3 is 11.1 Å². The predicted molar refractivity (Wildman–Crippen MR) is 106 cm³/mol. The first-order valence-electron chi connectivity index (χ1n) is 7.92. The molecule has 1 saturated heterocycles. The van der Waals surface area contributed by atoms with Gasteiger partial charge in [-0.1, -0.05) is 24.6 Å². The van der Waals surface area contributed by atoms with Crippen molar-refractivity contribution in [2.45, 2.75) is 39.7 Å². The SMILES string of the molecule is Cc1ccc(NC(N)=NCC(C)N2CCC(C)CC2)cc1.I. The Balaban J connectivity index is 0.00000242. The summed E-state index contributed by atoms with van der Waals surface area (Å²) in [4.78, 5) is 6.99. The van der Waals surface area contributed by atoms with E-state index in [0.717, 1.165) is 18.2 Å². The van der Waals surface area contributed by atoms with E-state index in [-0.39, 0.29) is 24.0 Å². The van der Waals surface area contributed by atoms with Crippen LogP contribution < -0.4 is 11.1 Å². The van der Waals surface area contributed by atoms with E-state index in [9.17, 15) is 0 Å². The normalized spacial score (nSPS) is 18.6. The van der Waals surface area contributed by atoms with Crippen LogP contribution in [0.2, 0.25) is 0 Å². The lowest BCUT2D eigenvalue weighted by Crippen LogP contribution is -2.41. The molecule has 1 aliphatic heterocycles. The number of aliphatic imine (C=N–C) groups is 1. The molecule has 1 unspecified atom stereocenters. The van der Waals surface area contributed by atoms with Gasteiger partial charge in [-0.15, -0.1) is 24.0 Å². The summed E-state index contributed by atoms with van der Waals surface area (Å²) in [7, 11) is 0. The summed E-state index contributed by atoms with van der Waals surface area (Å²) < 4.78 is 0. The summed E-state index contributed by atoms with van der Waals surface area (Å²) in [5.74, 6) is 1.36. The fraction of sp³-hybridized carbons (Fsp3) is 0.588. The van der Waals surface area contributed by atoms with Crippen LogP contribution in [0.3, 0.4) is 0 Å². The first kappa shape index (κ1) is 19.2. The molecule has 0 radical (unpaired) electrons. The van der Waals surface area contributed by atoms with Crippen molar-refractivity contribution < 1.29 is 0 Å². The number of nitrogens with two attached hydrogens (primary N) is 1. The largest absolute Gasteiger partial charge is 0.370 e. The van der Waals surface area contributed by atoms with E-state index in [0.29, 0.717) is 12.0 Å². The highest BCUT2D eigenvalue weighted by atomic mass is 127. The molecule has 0 aliphatic carbocycles. The van der Waals surface area contributed by atoms with Gasteiger partial charge in [-0.3, -0.25) is 9.89 Å². The average Bonchev–Trinajstić information content (AvgIpc) is 2.48. The number of hydrogen-bond donors (Lipinski definition) is 2. The van der Waals surface area contributed by atoms with Gasteiger partial charge in [0.25, 0.3) is 0 Å². The smallest absolute Gasteiger partial charge is 0.193 e. The summed E-state index contributed by atoms with van der Waals surface area (Å²) in [5.41, 5.74) is 8.19. The number of piperidine rings is 1. The highest BCUT2D eigenvalue weighted by Gasteiger charge is 2.19. The lowest BCUT2D eigenvalue weighted by molar-refractivity contribution is 0.150. The first-order valence-corrected chi connectivity index (χ1v) is 7.92. The van der Waals surface area contributed by atoms with E-state index >= 15 is 0 Å². The van der Waals surface area contributed by atoms with Gasteiger partial charge in [0.1, 0.15) is 0 Å². The topological polar surface area (TPSA) is 53.6 Å². The van der Waals surface area contributed by atoms with E-state index in [4.69, 9.17) is 5.73 Å². The lowest BCUT2D eigenvalue weighted by Gasteiger charge is -2.34.